The minimum absolute atomic E-state index is 0.209. The Labute approximate surface area is 94.8 Å². The fourth-order valence-corrected chi connectivity index (χ4v) is 1.64. The summed E-state index contributed by atoms with van der Waals surface area (Å²) in [4.78, 5) is 7.75. The first kappa shape index (κ1) is 11.0. The van der Waals surface area contributed by atoms with Gasteiger partial charge in [-0.2, -0.15) is 0 Å². The van der Waals surface area contributed by atoms with E-state index in [1.165, 1.54) is 0 Å². The summed E-state index contributed by atoms with van der Waals surface area (Å²) >= 11 is 0. The van der Waals surface area contributed by atoms with Crippen molar-refractivity contribution in [2.75, 3.05) is 12.8 Å². The Balaban J connectivity index is 2.33. The second kappa shape index (κ2) is 3.79. The summed E-state index contributed by atoms with van der Waals surface area (Å²) in [5, 5.41) is 0. The Morgan fingerprint density at radius 1 is 1.44 bits per heavy atom. The van der Waals surface area contributed by atoms with Crippen LogP contribution in [-0.2, 0) is 11.2 Å². The van der Waals surface area contributed by atoms with Crippen molar-refractivity contribution >= 4 is 16.7 Å². The molecule has 0 aliphatic heterocycles. The number of fused-ring (bicyclic) bond motifs is 1. The van der Waals surface area contributed by atoms with Gasteiger partial charge in [0.15, 0.2) is 0 Å². The maximum atomic E-state index is 5.71. The first-order valence-electron chi connectivity index (χ1n) is 5.29. The van der Waals surface area contributed by atoms with Crippen LogP contribution in [0.25, 0.3) is 11.0 Å². The van der Waals surface area contributed by atoms with E-state index in [1.54, 1.807) is 7.11 Å². The Bertz CT molecular complexity index is 502. The van der Waals surface area contributed by atoms with Crippen LogP contribution in [-0.4, -0.2) is 22.7 Å². The minimum atomic E-state index is -0.209. The highest BCUT2D eigenvalue weighted by Gasteiger charge is 2.19. The highest BCUT2D eigenvalue weighted by atomic mass is 16.5. The number of rotatable bonds is 3. The lowest BCUT2D eigenvalue weighted by molar-refractivity contribution is 0.0218. The average molecular weight is 219 g/mol. The molecule has 2 aromatic rings. The first-order chi connectivity index (χ1) is 7.50. The van der Waals surface area contributed by atoms with Crippen molar-refractivity contribution in [1.29, 1.82) is 0 Å². The molecule has 16 heavy (non-hydrogen) atoms. The van der Waals surface area contributed by atoms with Crippen molar-refractivity contribution in [3.8, 4) is 0 Å². The third-order valence-electron chi connectivity index (χ3n) is 2.70. The number of benzene rings is 1. The molecule has 1 aromatic heterocycles. The van der Waals surface area contributed by atoms with Crippen LogP contribution in [0.4, 0.5) is 5.69 Å². The largest absolute Gasteiger partial charge is 0.399 e. The van der Waals surface area contributed by atoms with Gasteiger partial charge in [-0.1, -0.05) is 0 Å². The molecule has 4 nitrogen and oxygen atoms in total. The maximum absolute atomic E-state index is 5.71. The van der Waals surface area contributed by atoms with E-state index in [1.807, 2.05) is 32.0 Å². The number of nitrogen functional groups attached to an aromatic ring is 1. The smallest absolute Gasteiger partial charge is 0.110 e. The molecule has 0 atom stereocenters. The number of imidazole rings is 1. The number of nitrogens with zero attached hydrogens (tertiary/aromatic N) is 1. The van der Waals surface area contributed by atoms with Gasteiger partial charge in [-0.15, -0.1) is 0 Å². The molecule has 0 aliphatic carbocycles. The van der Waals surface area contributed by atoms with E-state index in [0.29, 0.717) is 0 Å². The van der Waals surface area contributed by atoms with E-state index in [-0.39, 0.29) is 5.60 Å². The third kappa shape index (κ3) is 2.17. The molecule has 0 radical (unpaired) electrons. The molecule has 3 N–H and O–H groups in total. The van der Waals surface area contributed by atoms with E-state index in [2.05, 4.69) is 9.97 Å². The number of aromatic amines is 1. The molecule has 2 rings (SSSR count). The number of H-pyrrole nitrogens is 1. The standard InChI is InChI=1S/C12H17N3O/c1-12(2,16-3)7-11-14-9-5-4-8(13)6-10(9)15-11/h4-6H,7,13H2,1-3H3,(H,14,15). The summed E-state index contributed by atoms with van der Waals surface area (Å²) in [6.07, 6.45) is 0.748. The SMILES string of the molecule is COC(C)(C)Cc1nc2ccc(N)cc2[nH]1. The lowest BCUT2D eigenvalue weighted by Gasteiger charge is -2.21. The van der Waals surface area contributed by atoms with Gasteiger partial charge in [0.1, 0.15) is 5.82 Å². The number of ether oxygens (including phenoxy) is 1. The molecule has 0 aliphatic rings. The summed E-state index contributed by atoms with van der Waals surface area (Å²) in [7, 11) is 1.71. The molecule has 0 amide bonds. The Kier molecular flexibility index (Phi) is 2.59. The molecule has 0 saturated heterocycles. The molecular formula is C12H17N3O. The van der Waals surface area contributed by atoms with Gasteiger partial charge in [0.05, 0.1) is 16.6 Å². The summed E-state index contributed by atoms with van der Waals surface area (Å²) in [6.45, 7) is 4.07. The van der Waals surface area contributed by atoms with Crippen molar-refractivity contribution in [2.45, 2.75) is 25.9 Å². The first-order valence-corrected chi connectivity index (χ1v) is 5.29. The predicted octanol–water partition coefficient (Wildman–Crippen LogP) is 2.11. The van der Waals surface area contributed by atoms with Crippen LogP contribution in [0.3, 0.4) is 0 Å². The summed E-state index contributed by atoms with van der Waals surface area (Å²) in [5.41, 5.74) is 8.16. The fraction of sp³-hybridized carbons (Fsp3) is 0.417. The Morgan fingerprint density at radius 3 is 2.88 bits per heavy atom. The van der Waals surface area contributed by atoms with Gasteiger partial charge in [0.2, 0.25) is 0 Å². The predicted molar refractivity (Wildman–Crippen MR) is 65.3 cm³/mol. The summed E-state index contributed by atoms with van der Waals surface area (Å²) in [6, 6.07) is 5.67. The monoisotopic (exact) mass is 219 g/mol. The van der Waals surface area contributed by atoms with Gasteiger partial charge in [-0.3, -0.25) is 0 Å². The van der Waals surface area contributed by atoms with Gasteiger partial charge in [0.25, 0.3) is 0 Å². The number of aromatic nitrogens is 2. The molecule has 0 saturated carbocycles. The summed E-state index contributed by atoms with van der Waals surface area (Å²) < 4.78 is 5.38. The van der Waals surface area contributed by atoms with Crippen LogP contribution in [0, 0.1) is 0 Å². The van der Waals surface area contributed by atoms with E-state index < -0.39 is 0 Å². The molecular weight excluding hydrogens is 202 g/mol. The van der Waals surface area contributed by atoms with Crippen molar-refractivity contribution in [3.63, 3.8) is 0 Å². The molecule has 1 aromatic carbocycles. The molecule has 0 unspecified atom stereocenters. The number of anilines is 1. The number of hydrogen-bond acceptors (Lipinski definition) is 3. The zero-order valence-corrected chi connectivity index (χ0v) is 9.87. The van der Waals surface area contributed by atoms with Crippen LogP contribution in [0.15, 0.2) is 18.2 Å². The second-order valence-corrected chi connectivity index (χ2v) is 4.60. The zero-order chi connectivity index (χ0) is 11.8. The van der Waals surface area contributed by atoms with E-state index in [4.69, 9.17) is 10.5 Å². The number of nitrogens with two attached hydrogens (primary N) is 1. The second-order valence-electron chi connectivity index (χ2n) is 4.60. The zero-order valence-electron chi connectivity index (χ0n) is 9.87. The summed E-state index contributed by atoms with van der Waals surface area (Å²) in [5.74, 6) is 0.924. The van der Waals surface area contributed by atoms with Crippen LogP contribution in [0.5, 0.6) is 0 Å². The van der Waals surface area contributed by atoms with Gasteiger partial charge in [-0.25, -0.2) is 4.98 Å². The lowest BCUT2D eigenvalue weighted by Crippen LogP contribution is -2.26. The molecule has 86 valence electrons. The van der Waals surface area contributed by atoms with Crippen molar-refractivity contribution in [3.05, 3.63) is 24.0 Å². The lowest BCUT2D eigenvalue weighted by atomic mass is 10.1. The van der Waals surface area contributed by atoms with Crippen LogP contribution >= 0.6 is 0 Å². The minimum Gasteiger partial charge on any atom is -0.399 e. The van der Waals surface area contributed by atoms with Crippen LogP contribution in [0.2, 0.25) is 0 Å². The molecule has 0 spiro atoms. The van der Waals surface area contributed by atoms with Crippen molar-refractivity contribution < 1.29 is 4.74 Å². The third-order valence-corrected chi connectivity index (χ3v) is 2.70. The van der Waals surface area contributed by atoms with Gasteiger partial charge < -0.3 is 15.5 Å². The number of nitrogens with one attached hydrogen (secondary N) is 1. The van der Waals surface area contributed by atoms with Gasteiger partial charge in [-0.05, 0) is 32.0 Å². The van der Waals surface area contributed by atoms with Crippen molar-refractivity contribution in [1.82, 2.24) is 9.97 Å². The Hall–Kier alpha value is -1.55. The van der Waals surface area contributed by atoms with E-state index in [9.17, 15) is 0 Å². The molecule has 0 fully saturated rings. The maximum Gasteiger partial charge on any atom is 0.110 e. The highest BCUT2D eigenvalue weighted by molar-refractivity contribution is 5.78. The topological polar surface area (TPSA) is 63.9 Å². The van der Waals surface area contributed by atoms with Crippen LogP contribution < -0.4 is 5.73 Å². The Morgan fingerprint density at radius 2 is 2.19 bits per heavy atom. The average Bonchev–Trinajstić information content (AvgIpc) is 2.58. The van der Waals surface area contributed by atoms with E-state index in [0.717, 1.165) is 29.0 Å². The molecule has 1 heterocycles. The normalized spacial score (nSPS) is 12.2. The van der Waals surface area contributed by atoms with E-state index >= 15 is 0 Å². The molecule has 0 bridgehead atoms. The van der Waals surface area contributed by atoms with Gasteiger partial charge >= 0.3 is 0 Å². The molecule has 4 heteroatoms. The number of hydrogen-bond donors (Lipinski definition) is 2. The fourth-order valence-electron chi connectivity index (χ4n) is 1.64. The van der Waals surface area contributed by atoms with Crippen LogP contribution in [0.1, 0.15) is 19.7 Å². The quantitative estimate of drug-likeness (QED) is 0.777. The highest BCUT2D eigenvalue weighted by Crippen LogP contribution is 2.19. The van der Waals surface area contributed by atoms with Crippen molar-refractivity contribution in [2.24, 2.45) is 0 Å². The number of methoxy groups -OCH3 is 1. The van der Waals surface area contributed by atoms with Gasteiger partial charge in [0, 0.05) is 19.2 Å².